The smallest absolute Gasteiger partial charge is 0.154 e. The molecule has 6 nitrogen and oxygen atoms in total. The zero-order valence-corrected chi connectivity index (χ0v) is 16.4. The number of para-hydroxylation sites is 1. The predicted molar refractivity (Wildman–Crippen MR) is 119 cm³/mol. The van der Waals surface area contributed by atoms with Crippen molar-refractivity contribution in [2.45, 2.75) is 19.9 Å². The van der Waals surface area contributed by atoms with E-state index >= 15 is 0 Å². The van der Waals surface area contributed by atoms with Gasteiger partial charge in [-0.3, -0.25) is 15.7 Å². The minimum Gasteiger partial charge on any atom is -0.338 e. The number of fused-ring (bicyclic) bond motifs is 2. The van der Waals surface area contributed by atoms with Gasteiger partial charge in [-0.1, -0.05) is 43.3 Å². The Kier molecular flexibility index (Phi) is 5.35. The van der Waals surface area contributed by atoms with E-state index in [9.17, 15) is 0 Å². The number of hydrogen-bond acceptors (Lipinski definition) is 5. The summed E-state index contributed by atoms with van der Waals surface area (Å²) in [4.78, 5) is 6.08. The lowest BCUT2D eigenvalue weighted by Crippen LogP contribution is -2.36. The second-order valence-corrected chi connectivity index (χ2v) is 6.95. The van der Waals surface area contributed by atoms with Gasteiger partial charge >= 0.3 is 0 Å². The van der Waals surface area contributed by atoms with Crippen LogP contribution in [0.1, 0.15) is 30.0 Å². The number of anilines is 3. The molecule has 146 valence electrons. The molecule has 1 aliphatic rings. The van der Waals surface area contributed by atoms with E-state index < -0.39 is 0 Å². The van der Waals surface area contributed by atoms with Gasteiger partial charge in [0.2, 0.25) is 0 Å². The molecule has 29 heavy (non-hydrogen) atoms. The van der Waals surface area contributed by atoms with Crippen LogP contribution in [0.4, 0.5) is 17.2 Å². The van der Waals surface area contributed by atoms with Gasteiger partial charge in [-0.25, -0.2) is 4.98 Å². The molecule has 6 heteroatoms. The van der Waals surface area contributed by atoms with E-state index in [1.165, 1.54) is 5.56 Å². The molecular weight excluding hydrogens is 360 g/mol. The predicted octanol–water partition coefficient (Wildman–Crippen LogP) is 4.50. The van der Waals surface area contributed by atoms with E-state index in [0.717, 1.165) is 36.3 Å². The summed E-state index contributed by atoms with van der Waals surface area (Å²) in [5.41, 5.74) is 4.16. The molecule has 1 aliphatic heterocycles. The van der Waals surface area contributed by atoms with Crippen molar-refractivity contribution in [3.8, 4) is 0 Å². The Hall–Kier alpha value is -3.51. The number of benzene rings is 2. The fourth-order valence-corrected chi connectivity index (χ4v) is 3.39. The van der Waals surface area contributed by atoms with Crippen molar-refractivity contribution in [3.05, 3.63) is 83.6 Å². The standard InChI is InChI=1S/C23H24N6/c1-2-13-26-15-16-9-11-17(12-10-16)21(24)29-20-8-5-14-27-23(20)28-19-7-4-3-6-18(19)22(29)25/h3-12,14,24-26H,2,13,15H2,1H3,(H,27,28). The monoisotopic (exact) mass is 384 g/mol. The Morgan fingerprint density at radius 2 is 1.86 bits per heavy atom. The Morgan fingerprint density at radius 3 is 2.66 bits per heavy atom. The molecule has 4 N–H and O–H groups in total. The van der Waals surface area contributed by atoms with E-state index in [0.29, 0.717) is 11.5 Å². The summed E-state index contributed by atoms with van der Waals surface area (Å²) in [7, 11) is 0. The van der Waals surface area contributed by atoms with Gasteiger partial charge in [0, 0.05) is 23.9 Å². The number of amidine groups is 2. The normalized spacial score (nSPS) is 12.6. The summed E-state index contributed by atoms with van der Waals surface area (Å²) in [6.45, 7) is 3.94. The Bertz CT molecular complexity index is 1040. The van der Waals surface area contributed by atoms with E-state index in [2.05, 4.69) is 22.5 Å². The number of pyridine rings is 1. The second kappa shape index (κ2) is 8.24. The van der Waals surface area contributed by atoms with Crippen LogP contribution in [0.25, 0.3) is 0 Å². The lowest BCUT2D eigenvalue weighted by Gasteiger charge is -2.25. The zero-order chi connectivity index (χ0) is 20.2. The van der Waals surface area contributed by atoms with Gasteiger partial charge in [-0.15, -0.1) is 0 Å². The topological polar surface area (TPSA) is 87.9 Å². The molecular formula is C23H24N6. The highest BCUT2D eigenvalue weighted by Crippen LogP contribution is 2.34. The first kappa shape index (κ1) is 18.8. The van der Waals surface area contributed by atoms with Crippen LogP contribution in [0.3, 0.4) is 0 Å². The number of nitrogens with zero attached hydrogens (tertiary/aromatic N) is 2. The van der Waals surface area contributed by atoms with Crippen LogP contribution >= 0.6 is 0 Å². The van der Waals surface area contributed by atoms with Crippen LogP contribution in [0.15, 0.2) is 66.9 Å². The third kappa shape index (κ3) is 3.75. The fourth-order valence-electron chi connectivity index (χ4n) is 3.39. The van der Waals surface area contributed by atoms with Crippen LogP contribution in [0, 0.1) is 10.8 Å². The van der Waals surface area contributed by atoms with Crippen molar-refractivity contribution in [2.24, 2.45) is 0 Å². The fraction of sp³-hybridized carbons (Fsp3) is 0.174. The quantitative estimate of drug-likeness (QED) is 0.296. The van der Waals surface area contributed by atoms with Gasteiger partial charge in [0.25, 0.3) is 0 Å². The Balaban J connectivity index is 1.69. The van der Waals surface area contributed by atoms with E-state index in [4.69, 9.17) is 10.8 Å². The molecule has 0 saturated carbocycles. The van der Waals surface area contributed by atoms with Crippen LogP contribution < -0.4 is 15.5 Å². The number of nitrogens with one attached hydrogen (secondary N) is 4. The molecule has 0 bridgehead atoms. The third-order valence-corrected chi connectivity index (χ3v) is 4.89. The Labute approximate surface area is 170 Å². The van der Waals surface area contributed by atoms with Gasteiger partial charge in [-0.2, -0.15) is 0 Å². The largest absolute Gasteiger partial charge is 0.338 e. The van der Waals surface area contributed by atoms with Crippen molar-refractivity contribution in [2.75, 3.05) is 16.8 Å². The van der Waals surface area contributed by atoms with Gasteiger partial charge in [0.05, 0.1) is 11.4 Å². The molecule has 2 aromatic carbocycles. The molecule has 3 aromatic rings. The first-order chi connectivity index (χ1) is 14.2. The number of aromatic nitrogens is 1. The third-order valence-electron chi connectivity index (χ3n) is 4.89. The zero-order valence-electron chi connectivity index (χ0n) is 16.4. The van der Waals surface area contributed by atoms with Gasteiger partial charge in [0.1, 0.15) is 11.7 Å². The molecule has 0 unspecified atom stereocenters. The molecule has 0 atom stereocenters. The van der Waals surface area contributed by atoms with Crippen molar-refractivity contribution in [1.29, 1.82) is 10.8 Å². The molecule has 4 rings (SSSR count). The average molecular weight is 384 g/mol. The average Bonchev–Trinajstić information content (AvgIpc) is 2.88. The van der Waals surface area contributed by atoms with Gasteiger partial charge in [0.15, 0.2) is 5.82 Å². The number of rotatable bonds is 5. The summed E-state index contributed by atoms with van der Waals surface area (Å²) >= 11 is 0. The maximum absolute atomic E-state index is 8.88. The van der Waals surface area contributed by atoms with E-state index in [1.807, 2.05) is 60.7 Å². The highest BCUT2D eigenvalue weighted by molar-refractivity contribution is 6.30. The SMILES string of the molecule is CCCNCc1ccc(C(=N)N2C(=N)c3ccccc3Nc3ncccc32)cc1. The molecule has 1 aromatic heterocycles. The minimum absolute atomic E-state index is 0.246. The highest BCUT2D eigenvalue weighted by Gasteiger charge is 2.28. The summed E-state index contributed by atoms with van der Waals surface area (Å²) < 4.78 is 0. The van der Waals surface area contributed by atoms with Crippen molar-refractivity contribution < 1.29 is 0 Å². The van der Waals surface area contributed by atoms with Crippen molar-refractivity contribution in [3.63, 3.8) is 0 Å². The van der Waals surface area contributed by atoms with E-state index in [-0.39, 0.29) is 11.7 Å². The lowest BCUT2D eigenvalue weighted by atomic mass is 10.1. The van der Waals surface area contributed by atoms with Crippen molar-refractivity contribution in [1.82, 2.24) is 10.3 Å². The summed E-state index contributed by atoms with van der Waals surface area (Å²) in [5.74, 6) is 1.13. The first-order valence-corrected chi connectivity index (χ1v) is 9.77. The second-order valence-electron chi connectivity index (χ2n) is 6.95. The maximum atomic E-state index is 8.88. The van der Waals surface area contributed by atoms with Crippen LogP contribution in [-0.2, 0) is 6.54 Å². The van der Waals surface area contributed by atoms with Gasteiger partial charge in [-0.05, 0) is 42.8 Å². The summed E-state index contributed by atoms with van der Waals surface area (Å²) in [5, 5.41) is 24.4. The van der Waals surface area contributed by atoms with Gasteiger partial charge < -0.3 is 10.6 Å². The summed E-state index contributed by atoms with van der Waals surface area (Å²) in [6.07, 6.45) is 2.81. The van der Waals surface area contributed by atoms with E-state index in [1.54, 1.807) is 11.1 Å². The lowest BCUT2D eigenvalue weighted by molar-refractivity contribution is 0.675. The molecule has 0 radical (unpaired) electrons. The van der Waals surface area contributed by atoms with Crippen LogP contribution in [0.2, 0.25) is 0 Å². The molecule has 0 aliphatic carbocycles. The highest BCUT2D eigenvalue weighted by atomic mass is 15.2. The van der Waals surface area contributed by atoms with Crippen LogP contribution in [-0.4, -0.2) is 23.2 Å². The number of hydrogen-bond donors (Lipinski definition) is 4. The Morgan fingerprint density at radius 1 is 1.07 bits per heavy atom. The molecule has 2 heterocycles. The minimum atomic E-state index is 0.246. The first-order valence-electron chi connectivity index (χ1n) is 9.77. The summed E-state index contributed by atoms with van der Waals surface area (Å²) in [6, 6.07) is 19.3. The molecule has 0 saturated heterocycles. The maximum Gasteiger partial charge on any atom is 0.154 e. The van der Waals surface area contributed by atoms with Crippen molar-refractivity contribution >= 4 is 28.9 Å². The molecule has 0 amide bonds. The molecule has 0 fully saturated rings. The van der Waals surface area contributed by atoms with Crippen LogP contribution in [0.5, 0.6) is 0 Å². The molecule has 0 spiro atoms.